The molecule has 0 saturated carbocycles. The monoisotopic (exact) mass is 432 g/mol. The molecule has 0 radical (unpaired) electrons. The first-order chi connectivity index (χ1) is 15.6. The summed E-state index contributed by atoms with van der Waals surface area (Å²) in [5, 5.41) is 4.59. The molecule has 0 spiro atoms. The Morgan fingerprint density at radius 1 is 1.03 bits per heavy atom. The van der Waals surface area contributed by atoms with Gasteiger partial charge in [-0.1, -0.05) is 29.8 Å². The fourth-order valence-electron chi connectivity index (χ4n) is 5.00. The zero-order valence-electron chi connectivity index (χ0n) is 19.1. The molecule has 32 heavy (non-hydrogen) atoms. The maximum absolute atomic E-state index is 13.1. The Morgan fingerprint density at radius 3 is 2.56 bits per heavy atom. The standard InChI is InChI=1S/C26H32N4O2/c1-19-5-8-21(9-6-19)29-14-12-28(13-15-29)17-20-7-10-22-24(16-20)30(18-32-2)26(31)23-4-3-11-27-25(22)23/h5-10,16,27H,3-4,11-15,17-18H2,1-2H3. The largest absolute Gasteiger partial charge is 0.384 e. The molecule has 2 aliphatic heterocycles. The number of methoxy groups -OCH3 is 1. The van der Waals surface area contributed by atoms with Gasteiger partial charge in [-0.3, -0.25) is 14.3 Å². The van der Waals surface area contributed by atoms with E-state index in [4.69, 9.17) is 4.74 Å². The van der Waals surface area contributed by atoms with E-state index < -0.39 is 0 Å². The Kier molecular flexibility index (Phi) is 5.89. The summed E-state index contributed by atoms with van der Waals surface area (Å²) >= 11 is 0. The van der Waals surface area contributed by atoms with Crippen LogP contribution >= 0.6 is 0 Å². The van der Waals surface area contributed by atoms with Crippen molar-refractivity contribution < 1.29 is 4.74 Å². The highest BCUT2D eigenvalue weighted by Crippen LogP contribution is 2.30. The third-order valence-electron chi connectivity index (χ3n) is 6.77. The van der Waals surface area contributed by atoms with Gasteiger partial charge < -0.3 is 15.0 Å². The van der Waals surface area contributed by atoms with Gasteiger partial charge in [0.05, 0.1) is 11.2 Å². The number of fused-ring (bicyclic) bond motifs is 3. The molecule has 2 aliphatic rings. The molecule has 3 heterocycles. The number of aryl methyl sites for hydroxylation is 1. The van der Waals surface area contributed by atoms with Gasteiger partial charge in [0.25, 0.3) is 5.56 Å². The smallest absolute Gasteiger partial charge is 0.258 e. The van der Waals surface area contributed by atoms with Crippen LogP contribution < -0.4 is 15.8 Å². The van der Waals surface area contributed by atoms with Crippen LogP contribution in [0.5, 0.6) is 0 Å². The number of hydrogen-bond donors (Lipinski definition) is 1. The van der Waals surface area contributed by atoms with Crippen molar-refractivity contribution in [1.29, 1.82) is 0 Å². The molecule has 0 bridgehead atoms. The number of pyridine rings is 1. The van der Waals surface area contributed by atoms with Crippen molar-refractivity contribution in [1.82, 2.24) is 9.47 Å². The van der Waals surface area contributed by atoms with E-state index in [9.17, 15) is 4.79 Å². The van der Waals surface area contributed by atoms with Crippen LogP contribution in [0.3, 0.4) is 0 Å². The number of hydrogen-bond acceptors (Lipinski definition) is 5. The molecular weight excluding hydrogens is 400 g/mol. The van der Waals surface area contributed by atoms with Crippen LogP contribution in [-0.2, 0) is 24.4 Å². The lowest BCUT2D eigenvalue weighted by Gasteiger charge is -2.36. The molecule has 2 aromatic carbocycles. The fourth-order valence-corrected chi connectivity index (χ4v) is 5.00. The Bertz CT molecular complexity index is 1160. The van der Waals surface area contributed by atoms with E-state index in [0.29, 0.717) is 0 Å². The summed E-state index contributed by atoms with van der Waals surface area (Å²) < 4.78 is 7.18. The van der Waals surface area contributed by atoms with Gasteiger partial charge in [0.15, 0.2) is 0 Å². The van der Waals surface area contributed by atoms with Gasteiger partial charge in [-0.2, -0.15) is 0 Å². The molecule has 1 saturated heterocycles. The second-order valence-corrected chi connectivity index (χ2v) is 8.99. The first-order valence-corrected chi connectivity index (χ1v) is 11.6. The summed E-state index contributed by atoms with van der Waals surface area (Å²) in [5.41, 5.74) is 6.78. The number of benzene rings is 2. The molecule has 6 heteroatoms. The number of rotatable bonds is 5. The van der Waals surface area contributed by atoms with Gasteiger partial charge in [-0.15, -0.1) is 0 Å². The van der Waals surface area contributed by atoms with Gasteiger partial charge in [0, 0.05) is 63.0 Å². The number of nitrogens with one attached hydrogen (secondary N) is 1. The van der Waals surface area contributed by atoms with E-state index in [-0.39, 0.29) is 12.3 Å². The quantitative estimate of drug-likeness (QED) is 0.668. The summed E-state index contributed by atoms with van der Waals surface area (Å²) in [6, 6.07) is 15.4. The van der Waals surface area contributed by atoms with Crippen molar-refractivity contribution in [2.45, 2.75) is 33.0 Å². The lowest BCUT2D eigenvalue weighted by Crippen LogP contribution is -2.45. The van der Waals surface area contributed by atoms with Gasteiger partial charge in [-0.05, 0) is 43.5 Å². The lowest BCUT2D eigenvalue weighted by atomic mass is 10.00. The molecule has 3 aromatic rings. The van der Waals surface area contributed by atoms with Crippen molar-refractivity contribution in [3.05, 3.63) is 69.5 Å². The fraction of sp³-hybridized carbons (Fsp3) is 0.423. The minimum atomic E-state index is 0.0745. The molecule has 168 valence electrons. The van der Waals surface area contributed by atoms with Crippen LogP contribution in [0, 0.1) is 6.92 Å². The molecule has 5 rings (SSSR count). The van der Waals surface area contributed by atoms with Crippen LogP contribution in [-0.4, -0.2) is 49.3 Å². The number of piperazine rings is 1. The summed E-state index contributed by atoms with van der Waals surface area (Å²) in [6.07, 6.45) is 1.82. The van der Waals surface area contributed by atoms with E-state index in [1.807, 2.05) is 0 Å². The van der Waals surface area contributed by atoms with Crippen molar-refractivity contribution in [2.24, 2.45) is 0 Å². The third kappa shape index (κ3) is 4.00. The van der Waals surface area contributed by atoms with Crippen molar-refractivity contribution >= 4 is 22.3 Å². The zero-order chi connectivity index (χ0) is 22.1. The second kappa shape index (κ2) is 8.96. The van der Waals surface area contributed by atoms with Gasteiger partial charge in [0.1, 0.15) is 6.73 Å². The van der Waals surface area contributed by atoms with E-state index >= 15 is 0 Å². The summed E-state index contributed by atoms with van der Waals surface area (Å²) in [4.78, 5) is 18.1. The number of nitrogens with zero attached hydrogens (tertiary/aromatic N) is 3. The van der Waals surface area contributed by atoms with Crippen LogP contribution in [0.4, 0.5) is 11.4 Å². The Balaban J connectivity index is 1.37. The molecule has 1 aromatic heterocycles. The van der Waals surface area contributed by atoms with Crippen LogP contribution in [0.1, 0.15) is 23.1 Å². The predicted molar refractivity (Wildman–Crippen MR) is 131 cm³/mol. The van der Waals surface area contributed by atoms with E-state index in [1.54, 1.807) is 11.7 Å². The zero-order valence-corrected chi connectivity index (χ0v) is 19.1. The highest BCUT2D eigenvalue weighted by atomic mass is 16.5. The highest BCUT2D eigenvalue weighted by molar-refractivity contribution is 5.94. The summed E-state index contributed by atoms with van der Waals surface area (Å²) in [6.45, 7) is 8.34. The Hall–Kier alpha value is -2.83. The maximum Gasteiger partial charge on any atom is 0.258 e. The number of anilines is 2. The topological polar surface area (TPSA) is 49.7 Å². The van der Waals surface area contributed by atoms with Crippen LogP contribution in [0.2, 0.25) is 0 Å². The molecular formula is C26H32N4O2. The van der Waals surface area contributed by atoms with E-state index in [1.165, 1.54) is 16.8 Å². The molecule has 6 nitrogen and oxygen atoms in total. The Morgan fingerprint density at radius 2 is 1.81 bits per heavy atom. The van der Waals surface area contributed by atoms with Crippen LogP contribution in [0.15, 0.2) is 47.3 Å². The van der Waals surface area contributed by atoms with E-state index in [2.05, 4.69) is 64.5 Å². The Labute approximate surface area is 189 Å². The normalized spacial score (nSPS) is 16.8. The maximum atomic E-state index is 13.1. The molecule has 0 atom stereocenters. The first-order valence-electron chi connectivity index (χ1n) is 11.6. The molecule has 0 amide bonds. The minimum absolute atomic E-state index is 0.0745. The van der Waals surface area contributed by atoms with Crippen molar-refractivity contribution in [3.63, 3.8) is 0 Å². The molecule has 0 unspecified atom stereocenters. The number of aromatic nitrogens is 1. The summed E-state index contributed by atoms with van der Waals surface area (Å²) in [5.74, 6) is 0. The van der Waals surface area contributed by atoms with Gasteiger partial charge in [-0.25, -0.2) is 0 Å². The van der Waals surface area contributed by atoms with Gasteiger partial charge >= 0.3 is 0 Å². The number of ether oxygens (including phenoxy) is 1. The minimum Gasteiger partial charge on any atom is -0.384 e. The second-order valence-electron chi connectivity index (χ2n) is 8.99. The van der Waals surface area contributed by atoms with Crippen LogP contribution in [0.25, 0.3) is 10.9 Å². The van der Waals surface area contributed by atoms with Crippen molar-refractivity contribution in [3.8, 4) is 0 Å². The lowest BCUT2D eigenvalue weighted by molar-refractivity contribution is 0.131. The van der Waals surface area contributed by atoms with E-state index in [0.717, 1.165) is 74.3 Å². The highest BCUT2D eigenvalue weighted by Gasteiger charge is 2.21. The third-order valence-corrected chi connectivity index (χ3v) is 6.77. The van der Waals surface area contributed by atoms with Crippen molar-refractivity contribution in [2.75, 3.05) is 50.1 Å². The molecule has 1 N–H and O–H groups in total. The molecule has 0 aliphatic carbocycles. The SMILES string of the molecule is COCn1c(=O)c2c(c3ccc(CN4CCN(c5ccc(C)cc5)CC4)cc31)NCCC2. The predicted octanol–water partition coefficient (Wildman–Crippen LogP) is 3.59. The van der Waals surface area contributed by atoms with Gasteiger partial charge in [0.2, 0.25) is 0 Å². The average molecular weight is 433 g/mol. The molecule has 1 fully saturated rings. The summed E-state index contributed by atoms with van der Waals surface area (Å²) in [7, 11) is 1.65. The first kappa shape index (κ1) is 21.0. The average Bonchev–Trinajstić information content (AvgIpc) is 2.83.